The second-order valence-corrected chi connectivity index (χ2v) is 4.94. The Hall–Kier alpha value is -1.99. The summed E-state index contributed by atoms with van der Waals surface area (Å²) in [6.07, 6.45) is 0. The first kappa shape index (κ1) is 12.1. The summed E-state index contributed by atoms with van der Waals surface area (Å²) in [7, 11) is 0. The molecule has 0 unspecified atom stereocenters. The highest BCUT2D eigenvalue weighted by Gasteiger charge is 1.99. The third-order valence-corrected chi connectivity index (χ3v) is 3.44. The Morgan fingerprint density at radius 1 is 0.789 bits per heavy atom. The fraction of sp³-hybridized carbons (Fsp3) is 0.0588. The molecular weight excluding hydrogens is 254 g/mol. The van der Waals surface area contributed by atoms with Gasteiger partial charge in [-0.05, 0) is 29.1 Å². The summed E-state index contributed by atoms with van der Waals surface area (Å²) in [5.74, 6) is 0. The van der Waals surface area contributed by atoms with Crippen LogP contribution in [-0.2, 0) is 6.54 Å². The molecule has 0 aliphatic carbocycles. The standard InChI is InChI=1S/C17H14ClN/c18-15-10-8-13(9-11-15)12-19-17-7-3-5-14-4-1-2-6-16(14)17/h1-11,19H,12H2. The van der Waals surface area contributed by atoms with Gasteiger partial charge in [0.15, 0.2) is 0 Å². The minimum atomic E-state index is 0.772. The van der Waals surface area contributed by atoms with Gasteiger partial charge in [-0.3, -0.25) is 0 Å². The molecule has 0 aliphatic rings. The van der Waals surface area contributed by atoms with Crippen LogP contribution < -0.4 is 5.32 Å². The van der Waals surface area contributed by atoms with Crippen LogP contribution >= 0.6 is 11.6 Å². The van der Waals surface area contributed by atoms with Crippen LogP contribution in [0.25, 0.3) is 10.8 Å². The first-order chi connectivity index (χ1) is 9.33. The molecule has 0 heterocycles. The SMILES string of the molecule is Clc1ccc(CNc2cccc3ccccc23)cc1. The van der Waals surface area contributed by atoms with Gasteiger partial charge in [-0.1, -0.05) is 60.1 Å². The molecule has 0 amide bonds. The zero-order chi connectivity index (χ0) is 13.1. The molecule has 0 spiro atoms. The molecular formula is C17H14ClN. The first-order valence-electron chi connectivity index (χ1n) is 6.29. The van der Waals surface area contributed by atoms with E-state index in [1.807, 2.05) is 24.3 Å². The third kappa shape index (κ3) is 2.72. The zero-order valence-electron chi connectivity index (χ0n) is 10.4. The lowest BCUT2D eigenvalue weighted by Gasteiger charge is -2.10. The highest BCUT2D eigenvalue weighted by molar-refractivity contribution is 6.30. The minimum Gasteiger partial charge on any atom is -0.380 e. The Morgan fingerprint density at radius 3 is 2.37 bits per heavy atom. The smallest absolute Gasteiger partial charge is 0.0422 e. The van der Waals surface area contributed by atoms with Crippen LogP contribution in [0.4, 0.5) is 5.69 Å². The molecule has 0 aromatic heterocycles. The molecule has 3 aromatic carbocycles. The van der Waals surface area contributed by atoms with Gasteiger partial charge in [0.1, 0.15) is 0 Å². The van der Waals surface area contributed by atoms with Crippen molar-refractivity contribution in [3.05, 3.63) is 77.3 Å². The quantitative estimate of drug-likeness (QED) is 0.696. The lowest BCUT2D eigenvalue weighted by atomic mass is 10.1. The van der Waals surface area contributed by atoms with Gasteiger partial charge in [-0.15, -0.1) is 0 Å². The van der Waals surface area contributed by atoms with Crippen molar-refractivity contribution >= 4 is 28.1 Å². The van der Waals surface area contributed by atoms with Gasteiger partial charge < -0.3 is 5.32 Å². The molecule has 0 saturated heterocycles. The van der Waals surface area contributed by atoms with Crippen LogP contribution in [-0.4, -0.2) is 0 Å². The molecule has 2 heteroatoms. The molecule has 0 saturated carbocycles. The lowest BCUT2D eigenvalue weighted by Crippen LogP contribution is -1.99. The van der Waals surface area contributed by atoms with Crippen molar-refractivity contribution in [1.29, 1.82) is 0 Å². The van der Waals surface area contributed by atoms with Crippen LogP contribution in [0, 0.1) is 0 Å². The molecule has 0 bridgehead atoms. The van der Waals surface area contributed by atoms with E-state index in [1.165, 1.54) is 16.3 Å². The van der Waals surface area contributed by atoms with Gasteiger partial charge in [0.05, 0.1) is 0 Å². The largest absolute Gasteiger partial charge is 0.380 e. The van der Waals surface area contributed by atoms with Gasteiger partial charge in [0.25, 0.3) is 0 Å². The number of halogens is 1. The summed E-state index contributed by atoms with van der Waals surface area (Å²) in [4.78, 5) is 0. The van der Waals surface area contributed by atoms with E-state index in [0.717, 1.165) is 17.3 Å². The number of benzene rings is 3. The van der Waals surface area contributed by atoms with E-state index in [1.54, 1.807) is 0 Å². The molecule has 0 radical (unpaired) electrons. The number of fused-ring (bicyclic) bond motifs is 1. The Morgan fingerprint density at radius 2 is 1.53 bits per heavy atom. The maximum Gasteiger partial charge on any atom is 0.0422 e. The van der Waals surface area contributed by atoms with Crippen LogP contribution in [0.3, 0.4) is 0 Å². The predicted octanol–water partition coefficient (Wildman–Crippen LogP) is 5.11. The molecule has 3 rings (SSSR count). The summed E-state index contributed by atoms with van der Waals surface area (Å²) in [6, 6.07) is 22.6. The van der Waals surface area contributed by atoms with Crippen molar-refractivity contribution in [1.82, 2.24) is 0 Å². The Balaban J connectivity index is 1.84. The molecule has 0 aliphatic heterocycles. The molecule has 19 heavy (non-hydrogen) atoms. The van der Waals surface area contributed by atoms with E-state index < -0.39 is 0 Å². The van der Waals surface area contributed by atoms with Crippen molar-refractivity contribution in [2.45, 2.75) is 6.54 Å². The predicted molar refractivity (Wildman–Crippen MR) is 82.7 cm³/mol. The highest BCUT2D eigenvalue weighted by atomic mass is 35.5. The molecule has 0 atom stereocenters. The third-order valence-electron chi connectivity index (χ3n) is 3.19. The fourth-order valence-electron chi connectivity index (χ4n) is 2.18. The van der Waals surface area contributed by atoms with Crippen molar-refractivity contribution < 1.29 is 0 Å². The van der Waals surface area contributed by atoms with Crippen molar-refractivity contribution in [3.63, 3.8) is 0 Å². The summed E-state index contributed by atoms with van der Waals surface area (Å²) in [5.41, 5.74) is 2.38. The second kappa shape index (κ2) is 5.33. The monoisotopic (exact) mass is 267 g/mol. The minimum absolute atomic E-state index is 0.772. The Bertz CT molecular complexity index is 684. The fourth-order valence-corrected chi connectivity index (χ4v) is 2.31. The van der Waals surface area contributed by atoms with Crippen LogP contribution in [0.5, 0.6) is 0 Å². The average Bonchev–Trinajstić information content (AvgIpc) is 2.47. The summed E-state index contributed by atoms with van der Waals surface area (Å²) < 4.78 is 0. The van der Waals surface area contributed by atoms with Crippen molar-refractivity contribution in [2.24, 2.45) is 0 Å². The van der Waals surface area contributed by atoms with E-state index in [0.29, 0.717) is 0 Å². The first-order valence-corrected chi connectivity index (χ1v) is 6.67. The van der Waals surface area contributed by atoms with E-state index in [4.69, 9.17) is 11.6 Å². The highest BCUT2D eigenvalue weighted by Crippen LogP contribution is 2.23. The van der Waals surface area contributed by atoms with Gasteiger partial charge in [0, 0.05) is 22.6 Å². The Kier molecular flexibility index (Phi) is 3.39. The number of anilines is 1. The zero-order valence-corrected chi connectivity index (χ0v) is 11.2. The lowest BCUT2D eigenvalue weighted by molar-refractivity contribution is 1.15. The molecule has 1 N–H and O–H groups in total. The van der Waals surface area contributed by atoms with E-state index in [2.05, 4.69) is 47.8 Å². The van der Waals surface area contributed by atoms with Crippen molar-refractivity contribution in [2.75, 3.05) is 5.32 Å². The summed E-state index contributed by atoms with van der Waals surface area (Å²) in [6.45, 7) is 0.797. The molecule has 3 aromatic rings. The van der Waals surface area contributed by atoms with Crippen LogP contribution in [0.15, 0.2) is 66.7 Å². The topological polar surface area (TPSA) is 12.0 Å². The van der Waals surface area contributed by atoms with E-state index >= 15 is 0 Å². The number of nitrogens with one attached hydrogen (secondary N) is 1. The van der Waals surface area contributed by atoms with E-state index in [9.17, 15) is 0 Å². The van der Waals surface area contributed by atoms with Gasteiger partial charge in [-0.25, -0.2) is 0 Å². The summed E-state index contributed by atoms with van der Waals surface area (Å²) in [5, 5.41) is 6.75. The number of hydrogen-bond acceptors (Lipinski definition) is 1. The number of hydrogen-bond donors (Lipinski definition) is 1. The Labute approximate surface area is 117 Å². The van der Waals surface area contributed by atoms with Gasteiger partial charge in [-0.2, -0.15) is 0 Å². The second-order valence-electron chi connectivity index (χ2n) is 4.51. The number of rotatable bonds is 3. The molecule has 94 valence electrons. The average molecular weight is 268 g/mol. The van der Waals surface area contributed by atoms with Crippen molar-refractivity contribution in [3.8, 4) is 0 Å². The normalized spacial score (nSPS) is 10.6. The van der Waals surface area contributed by atoms with Gasteiger partial charge in [0.2, 0.25) is 0 Å². The molecule has 0 fully saturated rings. The van der Waals surface area contributed by atoms with E-state index in [-0.39, 0.29) is 0 Å². The maximum atomic E-state index is 5.89. The van der Waals surface area contributed by atoms with Gasteiger partial charge >= 0.3 is 0 Å². The van der Waals surface area contributed by atoms with Crippen LogP contribution in [0.2, 0.25) is 5.02 Å². The molecule has 1 nitrogen and oxygen atoms in total. The summed E-state index contributed by atoms with van der Waals surface area (Å²) >= 11 is 5.89. The maximum absolute atomic E-state index is 5.89. The van der Waals surface area contributed by atoms with Crippen LogP contribution in [0.1, 0.15) is 5.56 Å².